The van der Waals surface area contributed by atoms with Crippen LogP contribution in [0, 0.1) is 0 Å². The average molecular weight is 312 g/mol. The highest BCUT2D eigenvalue weighted by Crippen LogP contribution is 2.26. The normalized spacial score (nSPS) is 10.3. The van der Waals surface area contributed by atoms with Crippen LogP contribution in [0.4, 0.5) is 0 Å². The van der Waals surface area contributed by atoms with Gasteiger partial charge in [0.1, 0.15) is 12.1 Å². The minimum absolute atomic E-state index is 0.154. The van der Waals surface area contributed by atoms with E-state index in [9.17, 15) is 9.59 Å². The number of amides is 1. The van der Waals surface area contributed by atoms with Crippen molar-refractivity contribution in [1.82, 2.24) is 5.32 Å². The number of carbonyl (C=O) groups is 2. The summed E-state index contributed by atoms with van der Waals surface area (Å²) in [4.78, 5) is 22.6. The zero-order valence-corrected chi connectivity index (χ0v) is 11.1. The monoisotopic (exact) mass is 311 g/mol. The molecule has 1 heterocycles. The highest BCUT2D eigenvalue weighted by Gasteiger charge is 2.14. The summed E-state index contributed by atoms with van der Waals surface area (Å²) >= 11 is 3.33. The first-order chi connectivity index (χ1) is 8.61. The number of nitrogens with one attached hydrogen (secondary N) is 1. The van der Waals surface area contributed by atoms with Gasteiger partial charge in [-0.3, -0.25) is 9.59 Å². The molecule has 2 aromatic rings. The molecule has 0 aliphatic carbocycles. The van der Waals surface area contributed by atoms with Gasteiger partial charge in [-0.2, -0.15) is 0 Å². The van der Waals surface area contributed by atoms with Crippen molar-refractivity contribution in [2.75, 3.05) is 13.7 Å². The van der Waals surface area contributed by atoms with Crippen molar-refractivity contribution in [3.63, 3.8) is 0 Å². The van der Waals surface area contributed by atoms with Gasteiger partial charge in [0.2, 0.25) is 0 Å². The Morgan fingerprint density at radius 1 is 1.44 bits per heavy atom. The van der Waals surface area contributed by atoms with Crippen LogP contribution >= 0.6 is 15.9 Å². The summed E-state index contributed by atoms with van der Waals surface area (Å²) in [6.07, 6.45) is 0. The Morgan fingerprint density at radius 3 is 2.89 bits per heavy atom. The van der Waals surface area contributed by atoms with E-state index in [4.69, 9.17) is 4.42 Å². The molecular weight excluding hydrogens is 302 g/mol. The van der Waals surface area contributed by atoms with Gasteiger partial charge in [-0.1, -0.05) is 12.1 Å². The third-order valence-corrected chi connectivity index (χ3v) is 2.97. The number of furan rings is 1. The quantitative estimate of drug-likeness (QED) is 0.881. The average Bonchev–Trinajstić information content (AvgIpc) is 2.81. The summed E-state index contributed by atoms with van der Waals surface area (Å²) in [5.74, 6) is -0.815. The number of rotatable bonds is 3. The molecular formula is C12H10BrNO4. The summed E-state index contributed by atoms with van der Waals surface area (Å²) in [7, 11) is 1.26. The van der Waals surface area contributed by atoms with Crippen molar-refractivity contribution in [2.24, 2.45) is 0 Å². The molecule has 0 fully saturated rings. The van der Waals surface area contributed by atoms with Crippen LogP contribution < -0.4 is 5.32 Å². The van der Waals surface area contributed by atoms with Crippen LogP contribution in [0.25, 0.3) is 11.0 Å². The Labute approximate surface area is 111 Å². The molecule has 5 nitrogen and oxygen atoms in total. The van der Waals surface area contributed by atoms with Crippen LogP contribution in [0.1, 0.15) is 10.6 Å². The van der Waals surface area contributed by atoms with Crippen molar-refractivity contribution in [1.29, 1.82) is 0 Å². The fraction of sp³-hybridized carbons (Fsp3) is 0.167. The Morgan fingerprint density at radius 2 is 2.22 bits per heavy atom. The number of carbonyl (C=O) groups excluding carboxylic acids is 2. The van der Waals surface area contributed by atoms with Crippen molar-refractivity contribution in [3.8, 4) is 0 Å². The molecule has 1 aromatic carbocycles. The summed E-state index contributed by atoms with van der Waals surface area (Å²) in [5.41, 5.74) is 0.598. The van der Waals surface area contributed by atoms with Gasteiger partial charge in [0.05, 0.1) is 11.6 Å². The van der Waals surface area contributed by atoms with Crippen molar-refractivity contribution >= 4 is 38.8 Å². The Bertz CT molecular complexity index is 605. The maximum absolute atomic E-state index is 11.7. The van der Waals surface area contributed by atoms with E-state index in [1.165, 1.54) is 7.11 Å². The van der Waals surface area contributed by atoms with Crippen molar-refractivity contribution in [2.45, 2.75) is 0 Å². The Hall–Kier alpha value is -1.82. The Balaban J connectivity index is 2.18. The summed E-state index contributed by atoms with van der Waals surface area (Å²) in [6, 6.07) is 7.12. The lowest BCUT2D eigenvalue weighted by Gasteiger charge is -2.00. The molecule has 6 heteroatoms. The summed E-state index contributed by atoms with van der Waals surface area (Å²) in [5, 5.41) is 3.22. The zero-order chi connectivity index (χ0) is 13.1. The number of benzene rings is 1. The minimum Gasteiger partial charge on any atom is -0.468 e. The second-order valence-corrected chi connectivity index (χ2v) is 4.38. The molecule has 18 heavy (non-hydrogen) atoms. The van der Waals surface area contributed by atoms with E-state index >= 15 is 0 Å². The van der Waals surface area contributed by atoms with E-state index in [-0.39, 0.29) is 12.3 Å². The molecule has 0 spiro atoms. The molecule has 2 rings (SSSR count). The molecule has 1 amide bonds. The molecule has 1 N–H and O–H groups in total. The Kier molecular flexibility index (Phi) is 3.66. The second kappa shape index (κ2) is 5.22. The molecule has 0 bridgehead atoms. The molecule has 0 unspecified atom stereocenters. The van der Waals surface area contributed by atoms with E-state index < -0.39 is 11.9 Å². The van der Waals surface area contributed by atoms with Gasteiger partial charge < -0.3 is 14.5 Å². The predicted octanol–water partition coefficient (Wildman–Crippen LogP) is 2.10. The summed E-state index contributed by atoms with van der Waals surface area (Å²) in [6.45, 7) is -0.187. The van der Waals surface area contributed by atoms with Gasteiger partial charge in [-0.25, -0.2) is 0 Å². The predicted molar refractivity (Wildman–Crippen MR) is 68.3 cm³/mol. The maximum Gasteiger partial charge on any atom is 0.325 e. The number of para-hydroxylation sites is 1. The van der Waals surface area contributed by atoms with E-state index in [0.29, 0.717) is 5.58 Å². The first-order valence-corrected chi connectivity index (χ1v) is 5.94. The van der Waals surface area contributed by atoms with E-state index in [1.54, 1.807) is 6.07 Å². The number of methoxy groups -OCH3 is 1. The SMILES string of the molecule is COC(=O)CNC(=O)c1cc2cccc(Br)c2o1. The molecule has 94 valence electrons. The molecule has 0 aliphatic rings. The molecule has 0 atom stereocenters. The molecule has 1 aromatic heterocycles. The van der Waals surface area contributed by atoms with Crippen LogP contribution in [0.15, 0.2) is 33.2 Å². The highest BCUT2D eigenvalue weighted by molar-refractivity contribution is 9.10. The lowest BCUT2D eigenvalue weighted by Crippen LogP contribution is -2.29. The smallest absolute Gasteiger partial charge is 0.325 e. The van der Waals surface area contributed by atoms with Gasteiger partial charge in [-0.15, -0.1) is 0 Å². The van der Waals surface area contributed by atoms with Crippen LogP contribution in [0.3, 0.4) is 0 Å². The van der Waals surface area contributed by atoms with Gasteiger partial charge in [-0.05, 0) is 28.1 Å². The third kappa shape index (κ3) is 2.53. The van der Waals surface area contributed by atoms with Gasteiger partial charge in [0.25, 0.3) is 5.91 Å². The minimum atomic E-state index is -0.513. The van der Waals surface area contributed by atoms with E-state index in [0.717, 1.165) is 9.86 Å². The first kappa shape index (κ1) is 12.6. The van der Waals surface area contributed by atoms with Crippen LogP contribution in [-0.2, 0) is 9.53 Å². The lowest BCUT2D eigenvalue weighted by atomic mass is 10.2. The largest absolute Gasteiger partial charge is 0.468 e. The number of esters is 1. The maximum atomic E-state index is 11.7. The highest BCUT2D eigenvalue weighted by atomic mass is 79.9. The third-order valence-electron chi connectivity index (χ3n) is 2.34. The number of hydrogen-bond donors (Lipinski definition) is 1. The van der Waals surface area contributed by atoms with Crippen LogP contribution in [0.5, 0.6) is 0 Å². The fourth-order valence-corrected chi connectivity index (χ4v) is 1.91. The van der Waals surface area contributed by atoms with Crippen LogP contribution in [0.2, 0.25) is 0 Å². The van der Waals surface area contributed by atoms with E-state index in [2.05, 4.69) is 26.0 Å². The topological polar surface area (TPSA) is 68.5 Å². The van der Waals surface area contributed by atoms with E-state index in [1.807, 2.05) is 18.2 Å². The standard InChI is InChI=1S/C12H10BrNO4/c1-17-10(15)6-14-12(16)9-5-7-3-2-4-8(13)11(7)18-9/h2-5H,6H2,1H3,(H,14,16). The lowest BCUT2D eigenvalue weighted by molar-refractivity contribution is -0.139. The first-order valence-electron chi connectivity index (χ1n) is 5.15. The molecule has 0 saturated carbocycles. The van der Waals surface area contributed by atoms with Crippen molar-refractivity contribution < 1.29 is 18.7 Å². The second-order valence-electron chi connectivity index (χ2n) is 3.53. The molecule has 0 aliphatic heterocycles. The summed E-state index contributed by atoms with van der Waals surface area (Å²) < 4.78 is 10.6. The number of halogens is 1. The van der Waals surface area contributed by atoms with Gasteiger partial charge >= 0.3 is 5.97 Å². The van der Waals surface area contributed by atoms with Crippen LogP contribution in [-0.4, -0.2) is 25.5 Å². The van der Waals surface area contributed by atoms with Gasteiger partial charge in [0.15, 0.2) is 5.76 Å². The zero-order valence-electron chi connectivity index (χ0n) is 9.53. The fourth-order valence-electron chi connectivity index (χ4n) is 1.45. The molecule has 0 radical (unpaired) electrons. The van der Waals surface area contributed by atoms with Crippen molar-refractivity contribution in [3.05, 3.63) is 34.5 Å². The number of fused-ring (bicyclic) bond motifs is 1. The number of ether oxygens (including phenoxy) is 1. The van der Waals surface area contributed by atoms with Gasteiger partial charge in [0, 0.05) is 5.39 Å². The number of hydrogen-bond acceptors (Lipinski definition) is 4. The molecule has 0 saturated heterocycles.